The molecule has 0 aromatic heterocycles. The topological polar surface area (TPSA) is 0 Å². The van der Waals surface area contributed by atoms with E-state index in [1.165, 1.54) is 22.3 Å². The van der Waals surface area contributed by atoms with Crippen molar-refractivity contribution in [1.29, 1.82) is 0 Å². The molecular formula is C19H26. The number of terminal acetylenes is 1. The molecule has 1 unspecified atom stereocenters. The van der Waals surface area contributed by atoms with Gasteiger partial charge in [-0.2, -0.15) is 0 Å². The van der Waals surface area contributed by atoms with Crippen molar-refractivity contribution in [1.82, 2.24) is 0 Å². The molecule has 0 radical (unpaired) electrons. The van der Waals surface area contributed by atoms with Crippen LogP contribution in [0.2, 0.25) is 0 Å². The van der Waals surface area contributed by atoms with Crippen LogP contribution >= 0.6 is 0 Å². The highest BCUT2D eigenvalue weighted by molar-refractivity contribution is 5.66. The van der Waals surface area contributed by atoms with Crippen LogP contribution in [0.25, 0.3) is 5.57 Å². The highest BCUT2D eigenvalue weighted by atomic mass is 14.1. The first-order valence-electron chi connectivity index (χ1n) is 6.26. The third kappa shape index (κ3) is 6.48. The third-order valence-electron chi connectivity index (χ3n) is 2.84. The number of rotatable bonds is 2. The van der Waals surface area contributed by atoms with Crippen molar-refractivity contribution in [2.45, 2.75) is 33.6 Å². The molecule has 0 bridgehead atoms. The zero-order valence-corrected chi connectivity index (χ0v) is 12.8. The van der Waals surface area contributed by atoms with Crippen molar-refractivity contribution in [2.75, 3.05) is 0 Å². The van der Waals surface area contributed by atoms with Gasteiger partial charge in [0.25, 0.3) is 0 Å². The van der Waals surface area contributed by atoms with E-state index in [4.69, 9.17) is 6.42 Å². The molecule has 0 nitrogen and oxygen atoms in total. The minimum absolute atomic E-state index is 0.200. The van der Waals surface area contributed by atoms with Crippen LogP contribution in [-0.4, -0.2) is 0 Å². The highest BCUT2D eigenvalue weighted by Crippen LogP contribution is 2.21. The van der Waals surface area contributed by atoms with E-state index in [0.717, 1.165) is 0 Å². The number of hydrogen-bond acceptors (Lipinski definition) is 0. The van der Waals surface area contributed by atoms with Gasteiger partial charge in [0.1, 0.15) is 0 Å². The predicted molar refractivity (Wildman–Crippen MR) is 90.1 cm³/mol. The maximum atomic E-state index is 5.39. The Hall–Kier alpha value is -2.00. The molecule has 19 heavy (non-hydrogen) atoms. The summed E-state index contributed by atoms with van der Waals surface area (Å²) in [6.45, 7) is 20.5. The summed E-state index contributed by atoms with van der Waals surface area (Å²) in [5, 5.41) is 0. The Morgan fingerprint density at radius 1 is 1.00 bits per heavy atom. The third-order valence-corrected chi connectivity index (χ3v) is 2.84. The molecule has 0 aliphatic heterocycles. The van der Waals surface area contributed by atoms with Gasteiger partial charge >= 0.3 is 0 Å². The molecule has 0 saturated carbocycles. The molecule has 0 heterocycles. The van der Waals surface area contributed by atoms with E-state index in [1.54, 1.807) is 0 Å². The van der Waals surface area contributed by atoms with Gasteiger partial charge in [-0.25, -0.2) is 0 Å². The van der Waals surface area contributed by atoms with E-state index in [-0.39, 0.29) is 5.92 Å². The summed E-state index contributed by atoms with van der Waals surface area (Å²) in [7, 11) is 0. The van der Waals surface area contributed by atoms with Crippen LogP contribution in [0.15, 0.2) is 56.2 Å². The van der Waals surface area contributed by atoms with Crippen molar-refractivity contribution in [3.8, 4) is 12.3 Å². The Labute approximate surface area is 119 Å². The van der Waals surface area contributed by atoms with E-state index < -0.39 is 0 Å². The maximum Gasteiger partial charge on any atom is 0.0421 e. The molecule has 0 saturated heterocycles. The molecule has 1 aromatic rings. The fraction of sp³-hybridized carbons (Fsp3) is 0.263. The molecule has 0 amide bonds. The van der Waals surface area contributed by atoms with Gasteiger partial charge in [0.15, 0.2) is 0 Å². The number of allylic oxidation sites excluding steroid dienone is 2. The zero-order valence-electron chi connectivity index (χ0n) is 12.8. The van der Waals surface area contributed by atoms with Crippen molar-refractivity contribution >= 4 is 5.57 Å². The second kappa shape index (κ2) is 11.1. The van der Waals surface area contributed by atoms with Crippen molar-refractivity contribution in [3.63, 3.8) is 0 Å². The second-order valence-electron chi connectivity index (χ2n) is 4.14. The fourth-order valence-electron chi connectivity index (χ4n) is 1.41. The van der Waals surface area contributed by atoms with Gasteiger partial charge < -0.3 is 0 Å². The second-order valence-corrected chi connectivity index (χ2v) is 4.14. The predicted octanol–water partition coefficient (Wildman–Crippen LogP) is 5.84. The van der Waals surface area contributed by atoms with Crippen LogP contribution in [-0.2, 0) is 0 Å². The van der Waals surface area contributed by atoms with Crippen LogP contribution in [0.1, 0.15) is 44.7 Å². The van der Waals surface area contributed by atoms with Crippen LogP contribution in [0.4, 0.5) is 0 Å². The van der Waals surface area contributed by atoms with Gasteiger partial charge in [-0.15, -0.1) is 32.7 Å². The standard InChI is InChI=1S/C15H18.2C2H4/c1-6-12(4)14-7-9-15(10-8-14)13(5)11(2)3;2*1-2/h1,7-10,12H,2-5H3;2*1-2H2. The first-order valence-corrected chi connectivity index (χ1v) is 6.26. The Morgan fingerprint density at radius 3 is 1.74 bits per heavy atom. The van der Waals surface area contributed by atoms with Crippen molar-refractivity contribution in [3.05, 3.63) is 67.3 Å². The van der Waals surface area contributed by atoms with Crippen LogP contribution in [0, 0.1) is 12.3 Å². The van der Waals surface area contributed by atoms with E-state index in [2.05, 4.69) is 77.3 Å². The lowest BCUT2D eigenvalue weighted by Crippen LogP contribution is -1.90. The average Bonchev–Trinajstić information content (AvgIpc) is 2.49. The molecule has 1 aromatic carbocycles. The molecule has 1 atom stereocenters. The zero-order chi connectivity index (χ0) is 15.4. The molecule has 1 rings (SSSR count). The Balaban J connectivity index is 0. The first-order chi connectivity index (χ1) is 9.06. The lowest BCUT2D eigenvalue weighted by Gasteiger charge is -2.08. The summed E-state index contributed by atoms with van der Waals surface area (Å²) in [5.74, 6) is 2.94. The lowest BCUT2D eigenvalue weighted by molar-refractivity contribution is 1.01. The molecule has 0 aliphatic carbocycles. The summed E-state index contributed by atoms with van der Waals surface area (Å²) in [6, 6.07) is 8.52. The van der Waals surface area contributed by atoms with E-state index >= 15 is 0 Å². The van der Waals surface area contributed by atoms with Crippen LogP contribution in [0.3, 0.4) is 0 Å². The average molecular weight is 254 g/mol. The summed E-state index contributed by atoms with van der Waals surface area (Å²) in [6.07, 6.45) is 5.39. The van der Waals surface area contributed by atoms with Gasteiger partial charge in [-0.3, -0.25) is 0 Å². The summed E-state index contributed by atoms with van der Waals surface area (Å²) < 4.78 is 0. The lowest BCUT2D eigenvalue weighted by atomic mass is 9.97. The molecule has 0 fully saturated rings. The maximum absolute atomic E-state index is 5.39. The monoisotopic (exact) mass is 254 g/mol. The summed E-state index contributed by atoms with van der Waals surface area (Å²) in [5.41, 5.74) is 5.19. The number of hydrogen-bond donors (Lipinski definition) is 0. The minimum atomic E-state index is 0.200. The Bertz CT molecular complexity index is 420. The Kier molecular flexibility index (Phi) is 11.3. The fourth-order valence-corrected chi connectivity index (χ4v) is 1.41. The van der Waals surface area contributed by atoms with Crippen LogP contribution in [0.5, 0.6) is 0 Å². The molecule has 0 spiro atoms. The van der Waals surface area contributed by atoms with E-state index in [9.17, 15) is 0 Å². The summed E-state index contributed by atoms with van der Waals surface area (Å²) in [4.78, 5) is 0. The van der Waals surface area contributed by atoms with Gasteiger partial charge in [-0.05, 0) is 44.4 Å². The first kappa shape index (κ1) is 19.3. The van der Waals surface area contributed by atoms with Gasteiger partial charge in [-0.1, -0.05) is 35.8 Å². The SMILES string of the molecule is C#CC(C)c1ccc(C(C)=C(C)C)cc1.C=C.C=C. The molecule has 0 heteroatoms. The van der Waals surface area contributed by atoms with Crippen molar-refractivity contribution < 1.29 is 0 Å². The minimum Gasteiger partial charge on any atom is -0.119 e. The number of benzene rings is 1. The molecule has 0 N–H and O–H groups in total. The molecule has 102 valence electrons. The van der Waals surface area contributed by atoms with E-state index in [1.807, 2.05) is 6.92 Å². The summed E-state index contributed by atoms with van der Waals surface area (Å²) >= 11 is 0. The Morgan fingerprint density at radius 2 is 1.42 bits per heavy atom. The molecule has 0 aliphatic rings. The smallest absolute Gasteiger partial charge is 0.0421 e. The van der Waals surface area contributed by atoms with Gasteiger partial charge in [0.2, 0.25) is 0 Å². The van der Waals surface area contributed by atoms with Gasteiger partial charge in [0.05, 0.1) is 0 Å². The largest absolute Gasteiger partial charge is 0.119 e. The van der Waals surface area contributed by atoms with Crippen LogP contribution < -0.4 is 0 Å². The highest BCUT2D eigenvalue weighted by Gasteiger charge is 2.02. The van der Waals surface area contributed by atoms with Gasteiger partial charge in [0, 0.05) is 5.92 Å². The quantitative estimate of drug-likeness (QED) is 0.459. The van der Waals surface area contributed by atoms with E-state index in [0.29, 0.717) is 0 Å². The van der Waals surface area contributed by atoms with Crippen molar-refractivity contribution in [2.24, 2.45) is 0 Å². The molecular weight excluding hydrogens is 228 g/mol. The normalized spacial score (nSPS) is 9.63.